The van der Waals surface area contributed by atoms with Crippen LogP contribution in [-0.4, -0.2) is 75.9 Å². The van der Waals surface area contributed by atoms with Crippen molar-refractivity contribution >= 4 is 23.7 Å². The third kappa shape index (κ3) is 7.52. The highest BCUT2D eigenvalue weighted by Crippen LogP contribution is 2.26. The molecule has 9 heteroatoms. The number of nitrogens with one attached hydrogen (secondary N) is 1. The molecule has 9 nitrogen and oxygen atoms in total. The first-order valence-electron chi connectivity index (χ1n) is 15.4. The molecule has 4 N–H and O–H groups in total. The molecule has 3 amide bonds. The average Bonchev–Trinajstić information content (AvgIpc) is 3.72. The summed E-state index contributed by atoms with van der Waals surface area (Å²) in [5.41, 5.74) is 10.5. The van der Waals surface area contributed by atoms with Crippen LogP contribution in [0, 0.1) is 0 Å². The van der Waals surface area contributed by atoms with E-state index in [4.69, 9.17) is 5.73 Å². The predicted molar refractivity (Wildman–Crippen MR) is 167 cm³/mol. The van der Waals surface area contributed by atoms with Crippen molar-refractivity contribution in [2.24, 2.45) is 5.73 Å². The standard InChI is InChI=1S/C35H40N4O5/c36-29(22-25-15-17-27(18-16-25)26-11-5-2-6-12-26)34(43)39-20-8-14-31(39)35(44)38-19-7-13-30(38)33(42)37-28(23-32(40)41)21-24-9-3-1-4-10-24/h1-6,9-12,15-18,28-31H,7-8,13-14,19-23,36H2,(H,37,42)(H,40,41). The van der Waals surface area contributed by atoms with Gasteiger partial charge in [-0.25, -0.2) is 0 Å². The summed E-state index contributed by atoms with van der Waals surface area (Å²) in [6.45, 7) is 0.857. The van der Waals surface area contributed by atoms with Gasteiger partial charge in [0, 0.05) is 19.1 Å². The molecule has 2 heterocycles. The number of nitrogens with zero attached hydrogens (tertiary/aromatic N) is 2. The molecule has 2 aliphatic rings. The molecule has 5 rings (SSSR count). The Labute approximate surface area is 258 Å². The predicted octanol–water partition coefficient (Wildman–Crippen LogP) is 3.41. The number of rotatable bonds is 11. The minimum Gasteiger partial charge on any atom is -0.481 e. The smallest absolute Gasteiger partial charge is 0.305 e. The second kappa shape index (κ2) is 14.3. The zero-order chi connectivity index (χ0) is 31.1. The highest BCUT2D eigenvalue weighted by atomic mass is 16.4. The molecule has 2 fully saturated rings. The Morgan fingerprint density at radius 2 is 1.32 bits per heavy atom. The van der Waals surface area contributed by atoms with E-state index in [2.05, 4.69) is 5.32 Å². The maximum Gasteiger partial charge on any atom is 0.305 e. The van der Waals surface area contributed by atoms with Gasteiger partial charge >= 0.3 is 5.97 Å². The normalized spacial score (nSPS) is 19.4. The number of carbonyl (C=O) groups excluding carboxylic acids is 3. The summed E-state index contributed by atoms with van der Waals surface area (Å²) in [6, 6.07) is 24.7. The Balaban J connectivity index is 1.21. The van der Waals surface area contributed by atoms with Crippen molar-refractivity contribution in [2.45, 2.75) is 69.1 Å². The number of likely N-dealkylation sites (tertiary alicyclic amines) is 2. The zero-order valence-corrected chi connectivity index (χ0v) is 24.8. The van der Waals surface area contributed by atoms with E-state index in [1.165, 1.54) is 0 Å². The molecule has 2 aliphatic heterocycles. The van der Waals surface area contributed by atoms with Crippen LogP contribution >= 0.6 is 0 Å². The number of nitrogens with two attached hydrogens (primary N) is 1. The van der Waals surface area contributed by atoms with Crippen LogP contribution in [-0.2, 0) is 32.0 Å². The number of hydrogen-bond donors (Lipinski definition) is 3. The number of hydrogen-bond acceptors (Lipinski definition) is 5. The third-order valence-electron chi connectivity index (χ3n) is 8.59. The number of benzene rings is 3. The van der Waals surface area contributed by atoms with Gasteiger partial charge in [0.2, 0.25) is 17.7 Å². The molecule has 0 bridgehead atoms. The largest absolute Gasteiger partial charge is 0.481 e. The average molecular weight is 597 g/mol. The number of carboxylic acid groups (broad SMARTS) is 1. The molecule has 0 spiro atoms. The second-order valence-electron chi connectivity index (χ2n) is 11.7. The summed E-state index contributed by atoms with van der Waals surface area (Å²) in [5.74, 6) is -1.87. The molecule has 230 valence electrons. The lowest BCUT2D eigenvalue weighted by Gasteiger charge is -2.32. The molecular weight excluding hydrogens is 556 g/mol. The van der Waals surface area contributed by atoms with Crippen molar-refractivity contribution < 1.29 is 24.3 Å². The van der Waals surface area contributed by atoms with Gasteiger partial charge in [0.25, 0.3) is 0 Å². The van der Waals surface area contributed by atoms with Crippen molar-refractivity contribution in [3.8, 4) is 11.1 Å². The monoisotopic (exact) mass is 596 g/mol. The highest BCUT2D eigenvalue weighted by molar-refractivity contribution is 5.94. The Bertz CT molecular complexity index is 1450. The molecule has 0 saturated carbocycles. The first kappa shape index (κ1) is 30.9. The van der Waals surface area contributed by atoms with E-state index >= 15 is 0 Å². The minimum absolute atomic E-state index is 0.223. The zero-order valence-electron chi connectivity index (χ0n) is 24.8. The van der Waals surface area contributed by atoms with E-state index in [1.807, 2.05) is 84.9 Å². The first-order valence-corrected chi connectivity index (χ1v) is 15.4. The SMILES string of the molecule is NC(Cc1ccc(-c2ccccc2)cc1)C(=O)N1CCCC1C(=O)N1CCCC1C(=O)NC(CC(=O)O)Cc1ccccc1. The highest BCUT2D eigenvalue weighted by Gasteiger charge is 2.43. The summed E-state index contributed by atoms with van der Waals surface area (Å²) in [5, 5.41) is 12.3. The molecule has 3 aromatic rings. The maximum absolute atomic E-state index is 13.8. The molecule has 4 atom stereocenters. The van der Waals surface area contributed by atoms with E-state index in [-0.39, 0.29) is 24.1 Å². The van der Waals surface area contributed by atoms with Gasteiger partial charge in [-0.15, -0.1) is 0 Å². The molecule has 0 aliphatic carbocycles. The van der Waals surface area contributed by atoms with Gasteiger partial charge in [-0.3, -0.25) is 19.2 Å². The van der Waals surface area contributed by atoms with Crippen LogP contribution in [0.25, 0.3) is 11.1 Å². The topological polar surface area (TPSA) is 133 Å². The van der Waals surface area contributed by atoms with Gasteiger partial charge in [0.05, 0.1) is 12.5 Å². The summed E-state index contributed by atoms with van der Waals surface area (Å²) in [6.07, 6.45) is 2.85. The van der Waals surface area contributed by atoms with E-state index in [0.717, 1.165) is 22.3 Å². The van der Waals surface area contributed by atoms with Gasteiger partial charge in [-0.2, -0.15) is 0 Å². The number of carboxylic acids is 1. The van der Waals surface area contributed by atoms with Crippen LogP contribution in [0.3, 0.4) is 0 Å². The summed E-state index contributed by atoms with van der Waals surface area (Å²) < 4.78 is 0. The van der Waals surface area contributed by atoms with E-state index in [0.29, 0.717) is 51.6 Å². The van der Waals surface area contributed by atoms with Gasteiger partial charge in [0.15, 0.2) is 0 Å². The molecule has 44 heavy (non-hydrogen) atoms. The van der Waals surface area contributed by atoms with Crippen molar-refractivity contribution in [3.05, 3.63) is 96.1 Å². The number of carbonyl (C=O) groups is 4. The maximum atomic E-state index is 13.8. The molecular formula is C35H40N4O5. The van der Waals surface area contributed by atoms with Crippen molar-refractivity contribution in [1.82, 2.24) is 15.1 Å². The minimum atomic E-state index is -1.01. The lowest BCUT2D eigenvalue weighted by atomic mass is 10.0. The summed E-state index contributed by atoms with van der Waals surface area (Å²) in [4.78, 5) is 55.4. The fraction of sp³-hybridized carbons (Fsp3) is 0.371. The third-order valence-corrected chi connectivity index (χ3v) is 8.59. The van der Waals surface area contributed by atoms with E-state index in [9.17, 15) is 24.3 Å². The van der Waals surface area contributed by atoms with Gasteiger partial charge in [-0.05, 0) is 60.8 Å². The molecule has 0 aromatic heterocycles. The second-order valence-corrected chi connectivity index (χ2v) is 11.7. The van der Waals surface area contributed by atoms with Crippen molar-refractivity contribution in [2.75, 3.05) is 13.1 Å². The Kier molecular flexibility index (Phi) is 10.1. The van der Waals surface area contributed by atoms with Gasteiger partial charge in [0.1, 0.15) is 12.1 Å². The van der Waals surface area contributed by atoms with E-state index in [1.54, 1.807) is 9.80 Å². The summed E-state index contributed by atoms with van der Waals surface area (Å²) in [7, 11) is 0. The fourth-order valence-corrected chi connectivity index (χ4v) is 6.38. The van der Waals surface area contributed by atoms with Gasteiger partial charge in [-0.1, -0.05) is 84.9 Å². The summed E-state index contributed by atoms with van der Waals surface area (Å²) >= 11 is 0. The number of amides is 3. The molecule has 0 radical (unpaired) electrons. The quantitative estimate of drug-likeness (QED) is 0.311. The van der Waals surface area contributed by atoms with Gasteiger partial charge < -0.3 is 26.0 Å². The first-order chi connectivity index (χ1) is 21.3. The Morgan fingerprint density at radius 3 is 1.98 bits per heavy atom. The van der Waals surface area contributed by atoms with Crippen molar-refractivity contribution in [1.29, 1.82) is 0 Å². The Hall–Kier alpha value is -4.50. The van der Waals surface area contributed by atoms with Crippen LogP contribution < -0.4 is 11.1 Å². The van der Waals surface area contributed by atoms with Crippen LogP contribution in [0.15, 0.2) is 84.9 Å². The van der Waals surface area contributed by atoms with Crippen LogP contribution in [0.4, 0.5) is 0 Å². The number of aliphatic carboxylic acids is 1. The van der Waals surface area contributed by atoms with Crippen LogP contribution in [0.2, 0.25) is 0 Å². The van der Waals surface area contributed by atoms with Crippen LogP contribution in [0.5, 0.6) is 0 Å². The lowest BCUT2D eigenvalue weighted by Crippen LogP contribution is -2.56. The Morgan fingerprint density at radius 1 is 0.750 bits per heavy atom. The lowest BCUT2D eigenvalue weighted by molar-refractivity contribution is -0.147. The van der Waals surface area contributed by atoms with E-state index < -0.39 is 30.1 Å². The molecule has 4 unspecified atom stereocenters. The fourth-order valence-electron chi connectivity index (χ4n) is 6.38. The van der Waals surface area contributed by atoms with Crippen molar-refractivity contribution in [3.63, 3.8) is 0 Å². The molecule has 2 saturated heterocycles. The molecule has 3 aromatic carbocycles. The van der Waals surface area contributed by atoms with Crippen LogP contribution in [0.1, 0.15) is 43.2 Å².